The van der Waals surface area contributed by atoms with Gasteiger partial charge in [-0.05, 0) is 67.7 Å². The molecule has 1 atom stereocenters. The maximum atomic E-state index is 10.7. The number of nitrogens with one attached hydrogen (secondary N) is 3. The maximum Gasteiger partial charge on any atom is 0.229 e. The summed E-state index contributed by atoms with van der Waals surface area (Å²) >= 11 is 4.19. The van der Waals surface area contributed by atoms with E-state index >= 15 is 0 Å². The summed E-state index contributed by atoms with van der Waals surface area (Å²) in [5.74, 6) is 1.49. The monoisotopic (exact) mass is 521 g/mol. The molecule has 1 aromatic heterocycles. The van der Waals surface area contributed by atoms with Gasteiger partial charge in [-0.2, -0.15) is 4.98 Å². The Hall–Kier alpha value is -1.82. The average Bonchev–Trinajstić information content (AvgIpc) is 3.06. The highest BCUT2D eigenvalue weighted by atomic mass is 35.5. The van der Waals surface area contributed by atoms with Gasteiger partial charge >= 0.3 is 0 Å². The van der Waals surface area contributed by atoms with Crippen molar-refractivity contribution < 1.29 is 13.5 Å². The molecule has 1 aliphatic carbocycles. The van der Waals surface area contributed by atoms with Crippen molar-refractivity contribution in [2.24, 2.45) is 5.92 Å². The van der Waals surface area contributed by atoms with Gasteiger partial charge in [-0.3, -0.25) is 4.21 Å². The van der Waals surface area contributed by atoms with Crippen LogP contribution in [0.15, 0.2) is 24.4 Å². The van der Waals surface area contributed by atoms with Crippen molar-refractivity contribution in [2.45, 2.75) is 44.6 Å². The van der Waals surface area contributed by atoms with Gasteiger partial charge in [0.1, 0.15) is 5.02 Å². The summed E-state index contributed by atoms with van der Waals surface area (Å²) in [6.07, 6.45) is 7.45. The molecule has 35 heavy (non-hydrogen) atoms. The Morgan fingerprint density at radius 1 is 1.20 bits per heavy atom. The first-order valence-electron chi connectivity index (χ1n) is 12.2. The number of nitrogens with zero attached hydrogens (tertiary/aromatic N) is 3. The van der Waals surface area contributed by atoms with E-state index in [0.29, 0.717) is 29.3 Å². The van der Waals surface area contributed by atoms with E-state index in [1.165, 1.54) is 11.1 Å². The van der Waals surface area contributed by atoms with E-state index in [9.17, 15) is 8.76 Å². The van der Waals surface area contributed by atoms with Gasteiger partial charge < -0.3 is 24.8 Å². The van der Waals surface area contributed by atoms with E-state index in [2.05, 4.69) is 48.4 Å². The van der Waals surface area contributed by atoms with Gasteiger partial charge in [0.05, 0.1) is 12.8 Å². The lowest BCUT2D eigenvalue weighted by Gasteiger charge is -2.30. The Labute approximate surface area is 214 Å². The van der Waals surface area contributed by atoms with Crippen LogP contribution in [0.5, 0.6) is 0 Å². The van der Waals surface area contributed by atoms with Crippen molar-refractivity contribution in [1.82, 2.24) is 19.6 Å². The van der Waals surface area contributed by atoms with Crippen LogP contribution in [-0.4, -0.2) is 69.6 Å². The molecule has 3 N–H and O–H groups in total. The highest BCUT2D eigenvalue weighted by Crippen LogP contribution is 2.29. The lowest BCUT2D eigenvalue weighted by molar-refractivity contribution is 0.150. The molecule has 1 aliphatic heterocycles. The second-order valence-corrected chi connectivity index (χ2v) is 10.4. The molecule has 192 valence electrons. The lowest BCUT2D eigenvalue weighted by Crippen LogP contribution is -2.32. The molecule has 0 radical (unpaired) electrons. The summed E-state index contributed by atoms with van der Waals surface area (Å²) in [5, 5.41) is 7.28. The predicted octanol–water partition coefficient (Wildman–Crippen LogP) is 3.28. The Morgan fingerprint density at radius 3 is 2.71 bits per heavy atom. The number of fused-ring (bicyclic) bond motifs is 1. The first-order valence-corrected chi connectivity index (χ1v) is 13.7. The molecule has 11 heteroatoms. The van der Waals surface area contributed by atoms with Crippen molar-refractivity contribution in [3.05, 3.63) is 40.5 Å². The number of hydrogen-bond donors (Lipinski definition) is 3. The van der Waals surface area contributed by atoms with Crippen LogP contribution in [0.3, 0.4) is 0 Å². The minimum absolute atomic E-state index is 0.248. The molecule has 0 amide bonds. The second-order valence-electron chi connectivity index (χ2n) is 9.28. The highest BCUT2D eigenvalue weighted by molar-refractivity contribution is 7.77. The van der Waals surface area contributed by atoms with Crippen LogP contribution in [0, 0.1) is 5.92 Å². The predicted molar refractivity (Wildman–Crippen MR) is 139 cm³/mol. The SMILES string of the molecule is COCCN1CCc2ccc(Nc3ncc(Cl)c(NC4CCC(CNS(=O)[O-])CC4)n3)cc2CC1. The fourth-order valence-corrected chi connectivity index (χ4v) is 5.36. The fourth-order valence-electron chi connectivity index (χ4n) is 4.84. The first kappa shape index (κ1) is 26.2. The van der Waals surface area contributed by atoms with Gasteiger partial charge in [0.25, 0.3) is 0 Å². The number of rotatable bonds is 10. The number of hydrogen-bond acceptors (Lipinski definition) is 8. The van der Waals surface area contributed by atoms with Crippen LogP contribution in [0.4, 0.5) is 17.5 Å². The number of benzene rings is 1. The molecular weight excluding hydrogens is 488 g/mol. The zero-order chi connectivity index (χ0) is 24.6. The smallest absolute Gasteiger partial charge is 0.229 e. The maximum absolute atomic E-state index is 10.7. The van der Waals surface area contributed by atoms with Crippen LogP contribution in [0.2, 0.25) is 5.02 Å². The Kier molecular flexibility index (Phi) is 9.70. The van der Waals surface area contributed by atoms with Crippen LogP contribution >= 0.6 is 11.6 Å². The largest absolute Gasteiger partial charge is 0.760 e. The standard InChI is InChI=1S/C24H35ClN6O3S/c1-34-13-12-31-10-8-18-4-7-21(14-19(18)9-11-31)29-24-26-16-22(25)23(30-24)28-20-5-2-17(3-6-20)15-27-35(32)33/h4,7,14,16-17,20,27H,2-3,5-6,8-13,15H2,1H3,(H,32,33)(H2,26,28,29,30)/p-1. The topological polar surface area (TPSA) is 114 Å². The number of anilines is 3. The number of ether oxygens (including phenoxy) is 1. The van der Waals surface area contributed by atoms with Gasteiger partial charge in [-0.1, -0.05) is 17.7 Å². The molecule has 4 rings (SSSR count). The van der Waals surface area contributed by atoms with Crippen molar-refractivity contribution in [2.75, 3.05) is 50.5 Å². The lowest BCUT2D eigenvalue weighted by atomic mass is 9.86. The molecule has 1 unspecified atom stereocenters. The van der Waals surface area contributed by atoms with Crippen molar-refractivity contribution in [1.29, 1.82) is 0 Å². The van der Waals surface area contributed by atoms with E-state index in [-0.39, 0.29) is 6.04 Å². The molecule has 2 aliphatic rings. The fraction of sp³-hybridized carbons (Fsp3) is 0.583. The van der Waals surface area contributed by atoms with Gasteiger partial charge in [0.2, 0.25) is 5.95 Å². The molecule has 2 heterocycles. The van der Waals surface area contributed by atoms with E-state index in [0.717, 1.165) is 70.5 Å². The van der Waals surface area contributed by atoms with Gasteiger partial charge in [0, 0.05) is 56.3 Å². The average molecular weight is 522 g/mol. The Balaban J connectivity index is 1.34. The third kappa shape index (κ3) is 7.83. The number of methoxy groups -OCH3 is 1. The van der Waals surface area contributed by atoms with E-state index in [1.54, 1.807) is 13.3 Å². The summed E-state index contributed by atoms with van der Waals surface area (Å²) in [6, 6.07) is 6.73. The van der Waals surface area contributed by atoms with Crippen molar-refractivity contribution in [3.63, 3.8) is 0 Å². The van der Waals surface area contributed by atoms with Crippen LogP contribution < -0.4 is 15.4 Å². The van der Waals surface area contributed by atoms with Crippen LogP contribution in [-0.2, 0) is 28.8 Å². The highest BCUT2D eigenvalue weighted by Gasteiger charge is 2.22. The summed E-state index contributed by atoms with van der Waals surface area (Å²) in [5.41, 5.74) is 3.71. The molecular formula is C24H34ClN6O3S-. The summed E-state index contributed by atoms with van der Waals surface area (Å²) in [7, 11) is 1.75. The van der Waals surface area contributed by atoms with Gasteiger partial charge in [0.15, 0.2) is 5.82 Å². The second kappa shape index (κ2) is 12.9. The van der Waals surface area contributed by atoms with Crippen molar-refractivity contribution in [3.8, 4) is 0 Å². The molecule has 1 saturated carbocycles. The molecule has 0 spiro atoms. The van der Waals surface area contributed by atoms with E-state index < -0.39 is 11.3 Å². The third-order valence-corrected chi connectivity index (χ3v) is 7.57. The summed E-state index contributed by atoms with van der Waals surface area (Å²) < 4.78 is 29.2. The van der Waals surface area contributed by atoms with Gasteiger partial charge in [-0.25, -0.2) is 9.71 Å². The van der Waals surface area contributed by atoms with Gasteiger partial charge in [-0.15, -0.1) is 0 Å². The summed E-state index contributed by atoms with van der Waals surface area (Å²) in [4.78, 5) is 11.5. The molecule has 2 aromatic rings. The third-order valence-electron chi connectivity index (χ3n) is 6.89. The zero-order valence-corrected chi connectivity index (χ0v) is 21.7. The molecule has 0 bridgehead atoms. The molecule has 9 nitrogen and oxygen atoms in total. The van der Waals surface area contributed by atoms with E-state index in [1.807, 2.05) is 0 Å². The molecule has 1 aromatic carbocycles. The minimum atomic E-state index is -2.20. The number of aromatic nitrogens is 2. The normalized spacial score (nSPS) is 21.7. The summed E-state index contributed by atoms with van der Waals surface area (Å²) in [6.45, 7) is 4.30. The number of halogens is 1. The van der Waals surface area contributed by atoms with Crippen LogP contribution in [0.1, 0.15) is 36.8 Å². The minimum Gasteiger partial charge on any atom is -0.760 e. The Morgan fingerprint density at radius 2 is 1.97 bits per heavy atom. The molecule has 1 fully saturated rings. The molecule has 0 saturated heterocycles. The first-order chi connectivity index (χ1) is 17.0. The zero-order valence-electron chi connectivity index (χ0n) is 20.1. The van der Waals surface area contributed by atoms with E-state index in [4.69, 9.17) is 16.3 Å². The Bertz CT molecular complexity index is 1010. The van der Waals surface area contributed by atoms with Crippen LogP contribution in [0.25, 0.3) is 0 Å². The quantitative estimate of drug-likeness (QED) is 0.408. The van der Waals surface area contributed by atoms with Crippen molar-refractivity contribution >= 4 is 40.3 Å².